The molecule has 0 bridgehead atoms. The molecule has 1 rings (SSSR count). The number of hydrogen-bond acceptors (Lipinski definition) is 4. The average molecular weight is 266 g/mol. The van der Waals surface area contributed by atoms with Crippen LogP contribution in [0.25, 0.3) is 0 Å². The smallest absolute Gasteiger partial charge is 0.255 e. The molecule has 0 saturated carbocycles. The minimum Gasteiger partial charge on any atom is -0.491 e. The number of aliphatic hydroxyl groups is 1. The fourth-order valence-corrected chi connectivity index (χ4v) is 1.69. The second kappa shape index (κ2) is 7.63. The van der Waals surface area contributed by atoms with Crippen LogP contribution in [0.1, 0.15) is 37.0 Å². The van der Waals surface area contributed by atoms with Crippen LogP contribution in [0.15, 0.2) is 18.2 Å². The highest BCUT2D eigenvalue weighted by Crippen LogP contribution is 2.26. The normalized spacial score (nSPS) is 11.9. The predicted octanol–water partition coefficient (Wildman–Crippen LogP) is 1.56. The first-order valence-corrected chi connectivity index (χ1v) is 6.57. The lowest BCUT2D eigenvalue weighted by molar-refractivity contribution is 0.0938. The molecule has 1 aromatic rings. The third-order valence-electron chi connectivity index (χ3n) is 2.81. The van der Waals surface area contributed by atoms with E-state index in [4.69, 9.17) is 10.5 Å². The molecule has 0 heterocycles. The summed E-state index contributed by atoms with van der Waals surface area (Å²) < 4.78 is 5.40. The Kier molecular flexibility index (Phi) is 6.15. The SMILES string of the molecule is CCOc1c(N)cccc1C(=O)NCCC(O)CC. The number of anilines is 1. The molecule has 0 fully saturated rings. The number of amides is 1. The van der Waals surface area contributed by atoms with E-state index in [-0.39, 0.29) is 12.0 Å². The van der Waals surface area contributed by atoms with Gasteiger partial charge in [0, 0.05) is 6.54 Å². The van der Waals surface area contributed by atoms with E-state index in [0.29, 0.717) is 43.0 Å². The standard InChI is InChI=1S/C14H22N2O3/c1-3-10(17)8-9-16-14(18)11-6-5-7-12(15)13(11)19-4-2/h5-7,10,17H,3-4,8-9,15H2,1-2H3,(H,16,18). The maximum absolute atomic E-state index is 12.0. The van der Waals surface area contributed by atoms with Crippen molar-refractivity contribution in [2.75, 3.05) is 18.9 Å². The fraction of sp³-hybridized carbons (Fsp3) is 0.500. The second-order valence-corrected chi connectivity index (χ2v) is 4.26. The summed E-state index contributed by atoms with van der Waals surface area (Å²) >= 11 is 0. The number of nitrogens with two attached hydrogens (primary N) is 1. The van der Waals surface area contributed by atoms with Crippen LogP contribution in [-0.2, 0) is 0 Å². The summed E-state index contributed by atoms with van der Waals surface area (Å²) in [6.45, 7) is 4.61. The number of ether oxygens (including phenoxy) is 1. The van der Waals surface area contributed by atoms with Crippen molar-refractivity contribution in [2.24, 2.45) is 0 Å². The van der Waals surface area contributed by atoms with Gasteiger partial charge in [-0.1, -0.05) is 13.0 Å². The van der Waals surface area contributed by atoms with Gasteiger partial charge in [0.2, 0.25) is 0 Å². The van der Waals surface area contributed by atoms with Crippen LogP contribution in [0.3, 0.4) is 0 Å². The van der Waals surface area contributed by atoms with Crippen LogP contribution in [0.2, 0.25) is 0 Å². The number of benzene rings is 1. The summed E-state index contributed by atoms with van der Waals surface area (Å²) in [5.41, 5.74) is 6.67. The van der Waals surface area contributed by atoms with Crippen molar-refractivity contribution < 1.29 is 14.6 Å². The summed E-state index contributed by atoms with van der Waals surface area (Å²) in [5.74, 6) is 0.178. The topological polar surface area (TPSA) is 84.6 Å². The number of aliphatic hydroxyl groups excluding tert-OH is 1. The molecule has 5 heteroatoms. The monoisotopic (exact) mass is 266 g/mol. The molecule has 0 radical (unpaired) electrons. The summed E-state index contributed by atoms with van der Waals surface area (Å²) in [6.07, 6.45) is 0.833. The largest absolute Gasteiger partial charge is 0.491 e. The van der Waals surface area contributed by atoms with Crippen molar-refractivity contribution in [3.8, 4) is 5.75 Å². The van der Waals surface area contributed by atoms with E-state index in [2.05, 4.69) is 5.32 Å². The fourth-order valence-electron chi connectivity index (χ4n) is 1.69. The van der Waals surface area contributed by atoms with Crippen LogP contribution >= 0.6 is 0 Å². The molecule has 106 valence electrons. The number of carbonyl (C=O) groups is 1. The van der Waals surface area contributed by atoms with E-state index in [1.165, 1.54) is 0 Å². The number of nitrogens with one attached hydrogen (secondary N) is 1. The summed E-state index contributed by atoms with van der Waals surface area (Å²) in [7, 11) is 0. The van der Waals surface area contributed by atoms with E-state index >= 15 is 0 Å². The van der Waals surface area contributed by atoms with Gasteiger partial charge in [0.15, 0.2) is 5.75 Å². The van der Waals surface area contributed by atoms with E-state index in [9.17, 15) is 9.90 Å². The highest BCUT2D eigenvalue weighted by molar-refractivity contribution is 5.98. The van der Waals surface area contributed by atoms with Gasteiger partial charge in [-0.25, -0.2) is 0 Å². The number of nitrogen functional groups attached to an aromatic ring is 1. The van der Waals surface area contributed by atoms with Gasteiger partial charge in [0.1, 0.15) is 0 Å². The lowest BCUT2D eigenvalue weighted by atomic mass is 10.1. The van der Waals surface area contributed by atoms with Crippen LogP contribution in [-0.4, -0.2) is 30.3 Å². The number of para-hydroxylation sites is 1. The molecule has 1 aromatic carbocycles. The van der Waals surface area contributed by atoms with Crippen LogP contribution in [0.4, 0.5) is 5.69 Å². The van der Waals surface area contributed by atoms with Crippen LogP contribution in [0, 0.1) is 0 Å². The Bertz CT molecular complexity index is 421. The van der Waals surface area contributed by atoms with Crippen molar-refractivity contribution >= 4 is 11.6 Å². The average Bonchev–Trinajstić information content (AvgIpc) is 2.40. The highest BCUT2D eigenvalue weighted by atomic mass is 16.5. The molecular weight excluding hydrogens is 244 g/mol. The van der Waals surface area contributed by atoms with Crippen molar-refractivity contribution in [1.29, 1.82) is 0 Å². The molecule has 19 heavy (non-hydrogen) atoms. The van der Waals surface area contributed by atoms with Gasteiger partial charge in [-0.2, -0.15) is 0 Å². The molecule has 4 N–H and O–H groups in total. The quantitative estimate of drug-likeness (QED) is 0.654. The van der Waals surface area contributed by atoms with Crippen molar-refractivity contribution in [1.82, 2.24) is 5.32 Å². The Balaban J connectivity index is 2.68. The molecule has 0 aliphatic carbocycles. The van der Waals surface area contributed by atoms with Gasteiger partial charge in [0.05, 0.1) is 24.0 Å². The number of carbonyl (C=O) groups excluding carboxylic acids is 1. The zero-order valence-corrected chi connectivity index (χ0v) is 11.5. The summed E-state index contributed by atoms with van der Waals surface area (Å²) in [5, 5.41) is 12.2. The van der Waals surface area contributed by atoms with Crippen molar-refractivity contribution in [2.45, 2.75) is 32.8 Å². The second-order valence-electron chi connectivity index (χ2n) is 4.26. The lowest BCUT2D eigenvalue weighted by Crippen LogP contribution is -2.27. The van der Waals surface area contributed by atoms with E-state index in [1.54, 1.807) is 18.2 Å². The lowest BCUT2D eigenvalue weighted by Gasteiger charge is -2.13. The van der Waals surface area contributed by atoms with E-state index < -0.39 is 0 Å². The molecule has 1 unspecified atom stereocenters. The summed E-state index contributed by atoms with van der Waals surface area (Å²) in [4.78, 5) is 12.0. The molecule has 1 atom stereocenters. The highest BCUT2D eigenvalue weighted by Gasteiger charge is 2.14. The van der Waals surface area contributed by atoms with Gasteiger partial charge in [-0.3, -0.25) is 4.79 Å². The number of hydrogen-bond donors (Lipinski definition) is 3. The minimum absolute atomic E-state index is 0.237. The zero-order valence-electron chi connectivity index (χ0n) is 11.5. The third-order valence-corrected chi connectivity index (χ3v) is 2.81. The van der Waals surface area contributed by atoms with Gasteiger partial charge < -0.3 is 20.9 Å². The van der Waals surface area contributed by atoms with Crippen LogP contribution in [0.5, 0.6) is 5.75 Å². The first-order valence-electron chi connectivity index (χ1n) is 6.57. The molecule has 0 spiro atoms. The Morgan fingerprint density at radius 3 is 2.84 bits per heavy atom. The molecule has 5 nitrogen and oxygen atoms in total. The Morgan fingerprint density at radius 1 is 1.47 bits per heavy atom. The summed E-state index contributed by atoms with van der Waals surface area (Å²) in [6, 6.07) is 5.09. The van der Waals surface area contributed by atoms with Gasteiger partial charge in [-0.05, 0) is 31.9 Å². The predicted molar refractivity (Wildman–Crippen MR) is 75.3 cm³/mol. The van der Waals surface area contributed by atoms with E-state index in [1.807, 2.05) is 13.8 Å². The molecule has 1 amide bonds. The maximum atomic E-state index is 12.0. The molecule has 0 aromatic heterocycles. The zero-order chi connectivity index (χ0) is 14.3. The third kappa shape index (κ3) is 4.44. The Labute approximate surface area is 113 Å². The minimum atomic E-state index is -0.382. The first-order chi connectivity index (χ1) is 9.10. The molecule has 0 aliphatic heterocycles. The molecule has 0 saturated heterocycles. The number of rotatable bonds is 7. The maximum Gasteiger partial charge on any atom is 0.255 e. The van der Waals surface area contributed by atoms with E-state index in [0.717, 1.165) is 0 Å². The van der Waals surface area contributed by atoms with Crippen molar-refractivity contribution in [3.05, 3.63) is 23.8 Å². The Morgan fingerprint density at radius 2 is 2.21 bits per heavy atom. The first kappa shape index (κ1) is 15.3. The molecule has 0 aliphatic rings. The molecular formula is C14H22N2O3. The van der Waals surface area contributed by atoms with Gasteiger partial charge >= 0.3 is 0 Å². The Hall–Kier alpha value is -1.75. The van der Waals surface area contributed by atoms with Gasteiger partial charge in [0.25, 0.3) is 5.91 Å². The van der Waals surface area contributed by atoms with Gasteiger partial charge in [-0.15, -0.1) is 0 Å². The van der Waals surface area contributed by atoms with Crippen molar-refractivity contribution in [3.63, 3.8) is 0 Å². The van der Waals surface area contributed by atoms with Crippen LogP contribution < -0.4 is 15.8 Å².